The van der Waals surface area contributed by atoms with Crippen LogP contribution in [0.1, 0.15) is 31.5 Å². The number of fused-ring (bicyclic) bond motifs is 1. The number of morpholine rings is 1. The summed E-state index contributed by atoms with van der Waals surface area (Å²) in [6, 6.07) is 8.09. The molecule has 7 heteroatoms. The van der Waals surface area contributed by atoms with Gasteiger partial charge in [-0.05, 0) is 18.9 Å². The predicted molar refractivity (Wildman–Crippen MR) is 111 cm³/mol. The third-order valence-corrected chi connectivity index (χ3v) is 6.35. The fourth-order valence-electron chi connectivity index (χ4n) is 3.77. The number of carbonyl (C=O) groups is 1. The number of hydrogen-bond donors (Lipinski definition) is 0. The Balaban J connectivity index is 1.48. The van der Waals surface area contributed by atoms with Crippen molar-refractivity contribution in [3.8, 4) is 0 Å². The Morgan fingerprint density at radius 2 is 1.75 bits per heavy atom. The van der Waals surface area contributed by atoms with E-state index in [9.17, 15) is 4.79 Å². The van der Waals surface area contributed by atoms with Crippen LogP contribution in [0.2, 0.25) is 0 Å². The Bertz CT molecular complexity index is 802. The molecule has 4 rings (SSSR count). The number of ether oxygens (including phenoxy) is 1. The highest BCUT2D eigenvalue weighted by Crippen LogP contribution is 2.26. The van der Waals surface area contributed by atoms with Crippen molar-refractivity contribution < 1.29 is 9.53 Å². The van der Waals surface area contributed by atoms with Crippen molar-refractivity contribution >= 4 is 28.6 Å². The first kappa shape index (κ1) is 19.6. The summed E-state index contributed by atoms with van der Waals surface area (Å²) in [5.74, 6) is 1.49. The van der Waals surface area contributed by atoms with Crippen LogP contribution in [-0.4, -0.2) is 70.8 Å². The standard InChI is InChI=1S/C21H28N4O2S/c26-20(25-9-5-1-2-6-10-25)16-28-21-17-7-3-4-8-18(17)22-19(23-21)15-24-11-13-27-14-12-24/h3-4,7-8H,1-2,5-6,9-16H2. The Morgan fingerprint density at radius 1 is 1.00 bits per heavy atom. The SMILES string of the molecule is O=C(CSc1nc(CN2CCOCC2)nc2ccccc12)N1CCCCCC1. The van der Waals surface area contributed by atoms with Gasteiger partial charge >= 0.3 is 0 Å². The number of benzene rings is 1. The second-order valence-corrected chi connectivity index (χ2v) is 8.40. The summed E-state index contributed by atoms with van der Waals surface area (Å²) in [5.41, 5.74) is 0.950. The molecule has 0 bridgehead atoms. The van der Waals surface area contributed by atoms with Gasteiger partial charge in [0.25, 0.3) is 0 Å². The van der Waals surface area contributed by atoms with Gasteiger partial charge in [0, 0.05) is 31.6 Å². The molecular formula is C21H28N4O2S. The van der Waals surface area contributed by atoms with Crippen molar-refractivity contribution in [1.29, 1.82) is 0 Å². The molecule has 3 heterocycles. The fraction of sp³-hybridized carbons (Fsp3) is 0.571. The van der Waals surface area contributed by atoms with E-state index >= 15 is 0 Å². The van der Waals surface area contributed by atoms with Gasteiger partial charge in [-0.15, -0.1) is 0 Å². The first-order chi connectivity index (χ1) is 13.8. The van der Waals surface area contributed by atoms with E-state index in [4.69, 9.17) is 14.7 Å². The van der Waals surface area contributed by atoms with Crippen LogP contribution in [0.25, 0.3) is 10.9 Å². The third-order valence-electron chi connectivity index (χ3n) is 5.37. The van der Waals surface area contributed by atoms with Gasteiger partial charge in [-0.1, -0.05) is 42.8 Å². The summed E-state index contributed by atoms with van der Waals surface area (Å²) < 4.78 is 5.43. The van der Waals surface area contributed by atoms with E-state index in [0.29, 0.717) is 5.75 Å². The molecule has 1 amide bonds. The molecule has 0 saturated carbocycles. The Labute approximate surface area is 170 Å². The van der Waals surface area contributed by atoms with Crippen molar-refractivity contribution in [1.82, 2.24) is 19.8 Å². The molecule has 0 radical (unpaired) electrons. The van der Waals surface area contributed by atoms with E-state index < -0.39 is 0 Å². The lowest BCUT2D eigenvalue weighted by Crippen LogP contribution is -2.36. The van der Waals surface area contributed by atoms with Gasteiger partial charge in [-0.2, -0.15) is 0 Å². The highest BCUT2D eigenvalue weighted by molar-refractivity contribution is 8.00. The highest BCUT2D eigenvalue weighted by atomic mass is 32.2. The molecule has 28 heavy (non-hydrogen) atoms. The second kappa shape index (κ2) is 9.67. The van der Waals surface area contributed by atoms with Gasteiger partial charge in [-0.3, -0.25) is 9.69 Å². The maximum Gasteiger partial charge on any atom is 0.232 e. The van der Waals surface area contributed by atoms with E-state index in [1.165, 1.54) is 12.8 Å². The van der Waals surface area contributed by atoms with E-state index in [0.717, 1.165) is 80.5 Å². The molecule has 2 aliphatic rings. The zero-order chi connectivity index (χ0) is 19.2. The number of para-hydroxylation sites is 1. The van der Waals surface area contributed by atoms with Gasteiger partial charge in [0.1, 0.15) is 10.9 Å². The van der Waals surface area contributed by atoms with Crippen LogP contribution in [0.3, 0.4) is 0 Å². The Kier molecular flexibility index (Phi) is 6.77. The van der Waals surface area contributed by atoms with Crippen LogP contribution in [-0.2, 0) is 16.1 Å². The summed E-state index contributed by atoms with van der Waals surface area (Å²) in [6.07, 6.45) is 4.71. The van der Waals surface area contributed by atoms with Crippen LogP contribution in [0, 0.1) is 0 Å². The van der Waals surface area contributed by atoms with Gasteiger partial charge in [0.15, 0.2) is 0 Å². The zero-order valence-electron chi connectivity index (χ0n) is 16.3. The Morgan fingerprint density at radius 3 is 2.54 bits per heavy atom. The number of amides is 1. The molecular weight excluding hydrogens is 372 g/mol. The number of aromatic nitrogens is 2. The topological polar surface area (TPSA) is 58.6 Å². The minimum atomic E-state index is 0.226. The smallest absolute Gasteiger partial charge is 0.232 e. The zero-order valence-corrected chi connectivity index (χ0v) is 17.1. The summed E-state index contributed by atoms with van der Waals surface area (Å²) >= 11 is 1.55. The summed E-state index contributed by atoms with van der Waals surface area (Å²) in [4.78, 5) is 26.6. The average Bonchev–Trinajstić information content (AvgIpc) is 3.02. The number of hydrogen-bond acceptors (Lipinski definition) is 6. The molecule has 0 spiro atoms. The van der Waals surface area contributed by atoms with E-state index in [-0.39, 0.29) is 5.91 Å². The number of thioether (sulfide) groups is 1. The molecule has 1 aromatic heterocycles. The van der Waals surface area contributed by atoms with Crippen molar-refractivity contribution in [2.75, 3.05) is 45.1 Å². The molecule has 6 nitrogen and oxygen atoms in total. The molecule has 2 saturated heterocycles. The normalized spacial score (nSPS) is 18.9. The molecule has 0 unspecified atom stereocenters. The van der Waals surface area contributed by atoms with Gasteiger partial charge in [-0.25, -0.2) is 9.97 Å². The van der Waals surface area contributed by atoms with Crippen LogP contribution in [0.5, 0.6) is 0 Å². The third kappa shape index (κ3) is 5.01. The summed E-state index contributed by atoms with van der Waals surface area (Å²) in [7, 11) is 0. The lowest BCUT2D eigenvalue weighted by molar-refractivity contribution is -0.128. The first-order valence-electron chi connectivity index (χ1n) is 10.3. The molecule has 1 aromatic carbocycles. The van der Waals surface area contributed by atoms with Crippen molar-refractivity contribution in [2.45, 2.75) is 37.3 Å². The maximum atomic E-state index is 12.7. The van der Waals surface area contributed by atoms with Crippen LogP contribution >= 0.6 is 11.8 Å². The van der Waals surface area contributed by atoms with Crippen molar-refractivity contribution in [3.63, 3.8) is 0 Å². The number of nitrogens with zero attached hydrogens (tertiary/aromatic N) is 4. The van der Waals surface area contributed by atoms with Gasteiger partial charge in [0.05, 0.1) is 31.0 Å². The van der Waals surface area contributed by atoms with Crippen LogP contribution in [0.15, 0.2) is 29.3 Å². The predicted octanol–water partition coefficient (Wildman–Crippen LogP) is 2.96. The monoisotopic (exact) mass is 400 g/mol. The largest absolute Gasteiger partial charge is 0.379 e. The molecule has 0 atom stereocenters. The molecule has 2 fully saturated rings. The maximum absolute atomic E-state index is 12.7. The van der Waals surface area contributed by atoms with Crippen LogP contribution in [0.4, 0.5) is 0 Å². The molecule has 2 aromatic rings. The van der Waals surface area contributed by atoms with E-state index in [2.05, 4.69) is 4.90 Å². The Hall–Kier alpha value is -1.70. The minimum Gasteiger partial charge on any atom is -0.379 e. The minimum absolute atomic E-state index is 0.226. The molecule has 0 N–H and O–H groups in total. The van der Waals surface area contributed by atoms with Crippen LogP contribution < -0.4 is 0 Å². The van der Waals surface area contributed by atoms with E-state index in [1.807, 2.05) is 29.2 Å². The number of carbonyl (C=O) groups excluding carboxylic acids is 1. The number of rotatable bonds is 5. The van der Waals surface area contributed by atoms with E-state index in [1.54, 1.807) is 11.8 Å². The van der Waals surface area contributed by atoms with Gasteiger partial charge in [0.2, 0.25) is 5.91 Å². The number of likely N-dealkylation sites (tertiary alicyclic amines) is 1. The lowest BCUT2D eigenvalue weighted by Gasteiger charge is -2.26. The quantitative estimate of drug-likeness (QED) is 0.568. The molecule has 2 aliphatic heterocycles. The second-order valence-electron chi connectivity index (χ2n) is 7.43. The van der Waals surface area contributed by atoms with Crippen molar-refractivity contribution in [3.05, 3.63) is 30.1 Å². The lowest BCUT2D eigenvalue weighted by atomic mass is 10.2. The summed E-state index contributed by atoms with van der Waals surface area (Å²) in [6.45, 7) is 5.86. The highest BCUT2D eigenvalue weighted by Gasteiger charge is 2.18. The first-order valence-corrected chi connectivity index (χ1v) is 11.2. The van der Waals surface area contributed by atoms with Crippen molar-refractivity contribution in [2.24, 2.45) is 0 Å². The fourth-order valence-corrected chi connectivity index (χ4v) is 4.72. The molecule has 150 valence electrons. The average molecular weight is 401 g/mol. The molecule has 0 aliphatic carbocycles. The van der Waals surface area contributed by atoms with Gasteiger partial charge < -0.3 is 9.64 Å². The summed E-state index contributed by atoms with van der Waals surface area (Å²) in [5, 5.41) is 1.94.